The number of aromatic hydroxyl groups is 1. The molecule has 0 saturated carbocycles. The molecular formula is C22H15Cl2F3N6O3S. The van der Waals surface area contributed by atoms with E-state index in [9.17, 15) is 27.9 Å². The second kappa shape index (κ2) is 10.4. The number of nitrogens with one attached hydrogen (secondary N) is 2. The molecule has 0 bridgehead atoms. The molecular weight excluding hydrogens is 556 g/mol. The van der Waals surface area contributed by atoms with E-state index in [1.54, 1.807) is 13.1 Å². The van der Waals surface area contributed by atoms with Gasteiger partial charge in [-0.1, -0.05) is 52.7 Å². The number of thiazole rings is 1. The summed E-state index contributed by atoms with van der Waals surface area (Å²) in [5.41, 5.74) is -1.00. The normalized spacial score (nSPS) is 11.4. The van der Waals surface area contributed by atoms with Crippen LogP contribution in [0.3, 0.4) is 0 Å². The topological polar surface area (TPSA) is 122 Å². The lowest BCUT2D eigenvalue weighted by molar-refractivity contribution is -0.138. The first-order valence-corrected chi connectivity index (χ1v) is 11.8. The highest BCUT2D eigenvalue weighted by Crippen LogP contribution is 2.35. The van der Waals surface area contributed by atoms with Gasteiger partial charge in [0.25, 0.3) is 11.8 Å². The number of rotatable bonds is 6. The maximum atomic E-state index is 13.3. The molecule has 0 aliphatic rings. The third-order valence-corrected chi connectivity index (χ3v) is 6.55. The summed E-state index contributed by atoms with van der Waals surface area (Å²) in [7, 11) is 1.65. The molecule has 9 nitrogen and oxygen atoms in total. The minimum Gasteiger partial charge on any atom is -0.504 e. The van der Waals surface area contributed by atoms with Crippen LogP contribution in [0.2, 0.25) is 10.2 Å². The highest BCUT2D eigenvalue weighted by atomic mass is 35.5. The van der Waals surface area contributed by atoms with Crippen molar-refractivity contribution in [3.05, 3.63) is 75.3 Å². The van der Waals surface area contributed by atoms with Gasteiger partial charge in [-0.15, -0.1) is 0 Å². The van der Waals surface area contributed by atoms with E-state index in [-0.39, 0.29) is 27.0 Å². The molecule has 3 aromatic heterocycles. The molecule has 0 aliphatic carbocycles. The smallest absolute Gasteiger partial charge is 0.416 e. The molecule has 15 heteroatoms. The Hall–Kier alpha value is -3.68. The molecule has 0 unspecified atom stereocenters. The van der Waals surface area contributed by atoms with Crippen molar-refractivity contribution in [3.8, 4) is 16.5 Å². The minimum absolute atomic E-state index is 0.00933. The highest BCUT2D eigenvalue weighted by Gasteiger charge is 2.33. The van der Waals surface area contributed by atoms with Gasteiger partial charge in [-0.3, -0.25) is 14.3 Å². The third-order valence-electron chi connectivity index (χ3n) is 5.01. The van der Waals surface area contributed by atoms with E-state index in [1.807, 2.05) is 0 Å². The zero-order valence-corrected chi connectivity index (χ0v) is 20.9. The number of amides is 2. The summed E-state index contributed by atoms with van der Waals surface area (Å²) < 4.78 is 41.5. The number of alkyl halides is 3. The quantitative estimate of drug-likeness (QED) is 0.275. The number of benzene rings is 1. The number of nitrogens with zero attached hydrogens (tertiary/aromatic N) is 4. The van der Waals surface area contributed by atoms with E-state index in [4.69, 9.17) is 23.2 Å². The molecule has 0 radical (unpaired) electrons. The lowest BCUT2D eigenvalue weighted by atomic mass is 10.1. The number of carbonyl (C=O) groups excluding carboxylic acids is 2. The number of halogens is 5. The van der Waals surface area contributed by atoms with Crippen molar-refractivity contribution in [1.82, 2.24) is 25.1 Å². The Morgan fingerprint density at radius 3 is 2.51 bits per heavy atom. The molecule has 0 saturated heterocycles. The number of carbonyl (C=O) groups is 2. The van der Waals surface area contributed by atoms with Crippen LogP contribution in [0.4, 0.5) is 18.2 Å². The van der Waals surface area contributed by atoms with E-state index in [0.29, 0.717) is 10.7 Å². The summed E-state index contributed by atoms with van der Waals surface area (Å²) in [6, 6.07) is 7.54. The SMILES string of the molecule is Cn1nccc1-c1nc(C(=O)NCc2ccccc2C(F)(F)F)c(NC(=O)c2cc(Cl)c(O)c(Cl)n2)s1. The van der Waals surface area contributed by atoms with Gasteiger partial charge in [-0.2, -0.15) is 18.3 Å². The largest absolute Gasteiger partial charge is 0.504 e. The second-order valence-corrected chi connectivity index (χ2v) is 9.22. The summed E-state index contributed by atoms with van der Waals surface area (Å²) in [6.07, 6.45) is -3.10. The Bertz CT molecular complexity index is 1480. The van der Waals surface area contributed by atoms with Crippen LogP contribution in [0.1, 0.15) is 32.1 Å². The number of pyridine rings is 1. The predicted octanol–water partition coefficient (Wildman–Crippen LogP) is 5.15. The van der Waals surface area contributed by atoms with Crippen LogP contribution in [0.15, 0.2) is 42.6 Å². The minimum atomic E-state index is -4.60. The molecule has 1 aromatic carbocycles. The zero-order valence-electron chi connectivity index (χ0n) is 18.6. The summed E-state index contributed by atoms with van der Waals surface area (Å²) in [4.78, 5) is 33.9. The monoisotopic (exact) mass is 570 g/mol. The summed E-state index contributed by atoms with van der Waals surface area (Å²) in [6.45, 7) is -0.439. The second-order valence-electron chi connectivity index (χ2n) is 7.46. The molecule has 0 fully saturated rings. The number of hydrogen-bond donors (Lipinski definition) is 3. The third kappa shape index (κ3) is 5.68. The van der Waals surface area contributed by atoms with Crippen molar-refractivity contribution >= 4 is 51.4 Å². The Labute approximate surface area is 220 Å². The van der Waals surface area contributed by atoms with Gasteiger partial charge in [0.2, 0.25) is 0 Å². The van der Waals surface area contributed by atoms with Crippen LogP contribution in [0, 0.1) is 0 Å². The Kier molecular flexibility index (Phi) is 7.39. The average Bonchev–Trinajstić information content (AvgIpc) is 3.46. The van der Waals surface area contributed by atoms with E-state index in [1.165, 1.54) is 29.1 Å². The summed E-state index contributed by atoms with van der Waals surface area (Å²) in [5, 5.41) is 18.3. The molecule has 0 aliphatic heterocycles. The molecule has 0 spiro atoms. The predicted molar refractivity (Wildman–Crippen MR) is 131 cm³/mol. The van der Waals surface area contributed by atoms with E-state index in [2.05, 4.69) is 25.7 Å². The van der Waals surface area contributed by atoms with Crippen molar-refractivity contribution < 1.29 is 27.9 Å². The van der Waals surface area contributed by atoms with Crippen molar-refractivity contribution in [1.29, 1.82) is 0 Å². The van der Waals surface area contributed by atoms with Crippen LogP contribution in [-0.2, 0) is 19.8 Å². The summed E-state index contributed by atoms with van der Waals surface area (Å²) in [5.74, 6) is -2.15. The Balaban J connectivity index is 1.65. The van der Waals surface area contributed by atoms with Crippen molar-refractivity contribution in [3.63, 3.8) is 0 Å². The molecule has 3 heterocycles. The Morgan fingerprint density at radius 2 is 1.86 bits per heavy atom. The maximum absolute atomic E-state index is 13.3. The maximum Gasteiger partial charge on any atom is 0.416 e. The van der Waals surface area contributed by atoms with Crippen molar-refractivity contribution in [2.24, 2.45) is 7.05 Å². The first-order valence-electron chi connectivity index (χ1n) is 10.2. The van der Waals surface area contributed by atoms with Crippen LogP contribution in [-0.4, -0.2) is 36.7 Å². The van der Waals surface area contributed by atoms with Gasteiger partial charge in [0, 0.05) is 19.8 Å². The van der Waals surface area contributed by atoms with Gasteiger partial charge >= 0.3 is 6.18 Å². The first-order chi connectivity index (χ1) is 17.5. The highest BCUT2D eigenvalue weighted by molar-refractivity contribution is 7.19. The fraction of sp³-hybridized carbons (Fsp3) is 0.136. The molecule has 4 aromatic rings. The van der Waals surface area contributed by atoms with Gasteiger partial charge < -0.3 is 15.7 Å². The van der Waals surface area contributed by atoms with Gasteiger partial charge in [-0.25, -0.2) is 9.97 Å². The molecule has 37 heavy (non-hydrogen) atoms. The first kappa shape index (κ1) is 26.4. The van der Waals surface area contributed by atoms with Crippen LogP contribution in [0.5, 0.6) is 5.75 Å². The number of aryl methyl sites for hydroxylation is 1. The van der Waals surface area contributed by atoms with Crippen LogP contribution >= 0.6 is 34.5 Å². The van der Waals surface area contributed by atoms with Gasteiger partial charge in [-0.05, 0) is 23.8 Å². The molecule has 0 atom stereocenters. The number of anilines is 1. The van der Waals surface area contributed by atoms with E-state index < -0.39 is 41.0 Å². The molecule has 2 amide bonds. The Morgan fingerprint density at radius 1 is 1.14 bits per heavy atom. The van der Waals surface area contributed by atoms with Gasteiger partial charge in [0.1, 0.15) is 15.7 Å². The fourth-order valence-corrected chi connectivity index (χ4v) is 4.67. The van der Waals surface area contributed by atoms with Crippen molar-refractivity contribution in [2.75, 3.05) is 5.32 Å². The molecule has 192 valence electrons. The average molecular weight is 571 g/mol. The molecule has 3 N–H and O–H groups in total. The van der Waals surface area contributed by atoms with Crippen LogP contribution < -0.4 is 10.6 Å². The van der Waals surface area contributed by atoms with E-state index >= 15 is 0 Å². The zero-order chi connectivity index (χ0) is 26.9. The van der Waals surface area contributed by atoms with E-state index in [0.717, 1.165) is 23.5 Å². The number of aromatic nitrogens is 4. The lowest BCUT2D eigenvalue weighted by Crippen LogP contribution is -2.26. The fourth-order valence-electron chi connectivity index (χ4n) is 3.22. The standard InChI is InChI=1S/C22H15Cl2F3N6O3S/c1-33-14(6-7-29-33)20-31-15(19(36)28-9-10-4-2-3-5-11(10)22(25,26)27)21(37-20)32-18(35)13-8-12(23)16(34)17(24)30-13/h2-8,34H,9H2,1H3,(H,28,36)(H,32,35). The van der Waals surface area contributed by atoms with Crippen molar-refractivity contribution in [2.45, 2.75) is 12.7 Å². The summed E-state index contributed by atoms with van der Waals surface area (Å²) >= 11 is 12.6. The van der Waals surface area contributed by atoms with Gasteiger partial charge in [0.15, 0.2) is 16.6 Å². The molecule has 4 rings (SSSR count). The number of hydrogen-bond acceptors (Lipinski definition) is 7. The van der Waals surface area contributed by atoms with Crippen LogP contribution in [0.25, 0.3) is 10.7 Å². The van der Waals surface area contributed by atoms with Gasteiger partial charge in [0.05, 0.1) is 16.3 Å². The lowest BCUT2D eigenvalue weighted by Gasteiger charge is -2.13.